The van der Waals surface area contributed by atoms with E-state index in [4.69, 9.17) is 5.10 Å². The van der Waals surface area contributed by atoms with Crippen LogP contribution in [0.2, 0.25) is 0 Å². The Balaban J connectivity index is 1.79. The summed E-state index contributed by atoms with van der Waals surface area (Å²) < 4.78 is 2.02. The second-order valence-electron chi connectivity index (χ2n) is 7.73. The number of thioether (sulfide) groups is 1. The highest BCUT2D eigenvalue weighted by Gasteiger charge is 2.38. The topological polar surface area (TPSA) is 42.7 Å². The first-order valence-corrected chi connectivity index (χ1v) is 10.5. The Bertz CT molecular complexity index is 727. The van der Waals surface area contributed by atoms with E-state index in [0.717, 1.165) is 41.4 Å². The predicted molar refractivity (Wildman–Crippen MR) is 106 cm³/mol. The first-order chi connectivity index (χ1) is 12.1. The van der Waals surface area contributed by atoms with Crippen molar-refractivity contribution in [2.45, 2.75) is 38.4 Å². The minimum Gasteiger partial charge on any atom is -0.369 e. The molecule has 4 nitrogen and oxygen atoms in total. The smallest absolute Gasteiger partial charge is 0.129 e. The molecule has 1 N–H and O–H groups in total. The van der Waals surface area contributed by atoms with Crippen molar-refractivity contribution in [2.24, 2.45) is 24.8 Å². The van der Waals surface area contributed by atoms with E-state index in [1.54, 1.807) is 0 Å². The fourth-order valence-corrected chi connectivity index (χ4v) is 6.14. The summed E-state index contributed by atoms with van der Waals surface area (Å²) in [5.74, 6) is 4.71. The number of rotatable bonds is 2. The van der Waals surface area contributed by atoms with Crippen molar-refractivity contribution in [1.29, 1.82) is 0 Å². The Labute approximate surface area is 154 Å². The van der Waals surface area contributed by atoms with Crippen molar-refractivity contribution in [2.75, 3.05) is 17.6 Å². The molecule has 0 spiro atoms. The monoisotopic (exact) mass is 356 g/mol. The van der Waals surface area contributed by atoms with Gasteiger partial charge in [-0.15, -0.1) is 0 Å². The standard InChI is InChI=1S/C20H28N4S/c1-13-7-8-15(14(2)12-13)19-17-18(16-6-4-5-9-21-16)23-24(3)20(17)22-10-11-25-19/h4-6,9,13-15,19,22H,7-8,10-12H2,1-3H3. The number of aromatic nitrogens is 3. The van der Waals surface area contributed by atoms with E-state index in [-0.39, 0.29) is 0 Å². The van der Waals surface area contributed by atoms with Crippen LogP contribution in [0.3, 0.4) is 0 Å². The van der Waals surface area contributed by atoms with Gasteiger partial charge >= 0.3 is 0 Å². The van der Waals surface area contributed by atoms with Crippen molar-refractivity contribution in [3.63, 3.8) is 0 Å². The number of anilines is 1. The molecule has 1 fully saturated rings. The highest BCUT2D eigenvalue weighted by Crippen LogP contribution is 2.51. The molecule has 0 amide bonds. The molecule has 134 valence electrons. The van der Waals surface area contributed by atoms with Gasteiger partial charge in [-0.05, 0) is 42.7 Å². The minimum atomic E-state index is 0.512. The number of nitrogens with one attached hydrogen (secondary N) is 1. The maximum absolute atomic E-state index is 4.87. The molecule has 1 aliphatic heterocycles. The van der Waals surface area contributed by atoms with Gasteiger partial charge in [-0.1, -0.05) is 26.3 Å². The molecule has 0 aromatic carbocycles. The lowest BCUT2D eigenvalue weighted by Gasteiger charge is -2.37. The van der Waals surface area contributed by atoms with Crippen molar-refractivity contribution in [1.82, 2.24) is 14.8 Å². The SMILES string of the molecule is CC1CCC(C2SCCNc3c2c(-c2ccccn2)nn3C)C(C)C1. The van der Waals surface area contributed by atoms with Crippen LogP contribution in [-0.4, -0.2) is 27.1 Å². The fourth-order valence-electron chi connectivity index (χ4n) is 4.63. The van der Waals surface area contributed by atoms with E-state index in [0.29, 0.717) is 5.25 Å². The number of aryl methyl sites for hydroxylation is 1. The number of hydrogen-bond donors (Lipinski definition) is 1. The predicted octanol–water partition coefficient (Wildman–Crippen LogP) is 4.75. The van der Waals surface area contributed by atoms with E-state index < -0.39 is 0 Å². The number of hydrogen-bond acceptors (Lipinski definition) is 4. The van der Waals surface area contributed by atoms with Gasteiger partial charge in [0.15, 0.2) is 0 Å². The molecule has 1 saturated carbocycles. The average molecular weight is 357 g/mol. The quantitative estimate of drug-likeness (QED) is 0.843. The van der Waals surface area contributed by atoms with Crippen LogP contribution < -0.4 is 5.32 Å². The Kier molecular flexibility index (Phi) is 4.76. The van der Waals surface area contributed by atoms with Crippen LogP contribution >= 0.6 is 11.8 Å². The zero-order valence-corrected chi connectivity index (χ0v) is 16.2. The molecule has 0 bridgehead atoms. The molecular weight excluding hydrogens is 328 g/mol. The largest absolute Gasteiger partial charge is 0.369 e. The van der Waals surface area contributed by atoms with Crippen molar-refractivity contribution < 1.29 is 0 Å². The van der Waals surface area contributed by atoms with Gasteiger partial charge in [0.2, 0.25) is 0 Å². The summed E-state index contributed by atoms with van der Waals surface area (Å²) >= 11 is 2.12. The molecule has 3 heterocycles. The second-order valence-corrected chi connectivity index (χ2v) is 8.98. The van der Waals surface area contributed by atoms with Crippen molar-refractivity contribution in [3.8, 4) is 11.4 Å². The highest BCUT2D eigenvalue weighted by atomic mass is 32.2. The lowest BCUT2D eigenvalue weighted by Crippen LogP contribution is -2.26. The lowest BCUT2D eigenvalue weighted by atomic mass is 9.73. The summed E-state index contributed by atoms with van der Waals surface area (Å²) in [5, 5.41) is 9.01. The summed E-state index contributed by atoms with van der Waals surface area (Å²) in [5.41, 5.74) is 3.44. The molecule has 4 unspecified atom stereocenters. The highest BCUT2D eigenvalue weighted by molar-refractivity contribution is 7.99. The van der Waals surface area contributed by atoms with Crippen LogP contribution in [0, 0.1) is 17.8 Å². The van der Waals surface area contributed by atoms with Crippen LogP contribution in [0.15, 0.2) is 24.4 Å². The molecule has 4 rings (SSSR count). The van der Waals surface area contributed by atoms with Crippen LogP contribution in [-0.2, 0) is 7.05 Å². The lowest BCUT2D eigenvalue weighted by molar-refractivity contribution is 0.201. The Hall–Kier alpha value is -1.49. The van der Waals surface area contributed by atoms with E-state index in [9.17, 15) is 0 Å². The molecule has 5 heteroatoms. The van der Waals surface area contributed by atoms with Crippen LogP contribution in [0.4, 0.5) is 5.82 Å². The van der Waals surface area contributed by atoms with Gasteiger partial charge in [0.05, 0.1) is 5.69 Å². The average Bonchev–Trinajstić information content (AvgIpc) is 2.79. The second kappa shape index (κ2) is 7.02. The maximum atomic E-state index is 4.87. The van der Waals surface area contributed by atoms with E-state index in [2.05, 4.69) is 55.1 Å². The van der Waals surface area contributed by atoms with Gasteiger partial charge in [0.1, 0.15) is 11.5 Å². The third-order valence-corrected chi connectivity index (χ3v) is 7.24. The molecule has 0 radical (unpaired) electrons. The summed E-state index contributed by atoms with van der Waals surface area (Å²) in [4.78, 5) is 4.60. The minimum absolute atomic E-state index is 0.512. The van der Waals surface area contributed by atoms with E-state index >= 15 is 0 Å². The van der Waals surface area contributed by atoms with E-state index in [1.165, 1.54) is 30.6 Å². The molecule has 2 aromatic rings. The van der Waals surface area contributed by atoms with Gasteiger partial charge in [-0.3, -0.25) is 9.67 Å². The summed E-state index contributed by atoms with van der Waals surface area (Å²) in [6.45, 7) is 5.87. The Morgan fingerprint density at radius 3 is 2.88 bits per heavy atom. The number of fused-ring (bicyclic) bond motifs is 1. The Morgan fingerprint density at radius 1 is 1.24 bits per heavy atom. The van der Waals surface area contributed by atoms with Crippen LogP contribution in [0.25, 0.3) is 11.4 Å². The maximum Gasteiger partial charge on any atom is 0.129 e. The summed E-state index contributed by atoms with van der Waals surface area (Å²) in [6, 6.07) is 6.11. The van der Waals surface area contributed by atoms with Gasteiger partial charge in [-0.2, -0.15) is 16.9 Å². The normalized spacial score (nSPS) is 29.6. The van der Waals surface area contributed by atoms with E-state index in [1.807, 2.05) is 16.9 Å². The molecule has 25 heavy (non-hydrogen) atoms. The first-order valence-electron chi connectivity index (χ1n) is 9.49. The summed E-state index contributed by atoms with van der Waals surface area (Å²) in [6.07, 6.45) is 5.90. The molecule has 2 aliphatic rings. The first kappa shape index (κ1) is 17.0. The Morgan fingerprint density at radius 2 is 2.12 bits per heavy atom. The zero-order valence-electron chi connectivity index (χ0n) is 15.4. The van der Waals surface area contributed by atoms with Crippen LogP contribution in [0.5, 0.6) is 0 Å². The van der Waals surface area contributed by atoms with Gasteiger partial charge in [0.25, 0.3) is 0 Å². The van der Waals surface area contributed by atoms with Gasteiger partial charge in [0, 0.05) is 36.4 Å². The molecule has 0 saturated heterocycles. The number of nitrogens with zero attached hydrogens (tertiary/aromatic N) is 3. The van der Waals surface area contributed by atoms with Gasteiger partial charge in [-0.25, -0.2) is 0 Å². The van der Waals surface area contributed by atoms with Crippen LogP contribution in [0.1, 0.15) is 43.9 Å². The number of pyridine rings is 1. The van der Waals surface area contributed by atoms with Crippen molar-refractivity contribution >= 4 is 17.6 Å². The van der Waals surface area contributed by atoms with Crippen molar-refractivity contribution in [3.05, 3.63) is 30.0 Å². The van der Waals surface area contributed by atoms with Gasteiger partial charge < -0.3 is 5.32 Å². The fraction of sp³-hybridized carbons (Fsp3) is 0.600. The third-order valence-electron chi connectivity index (χ3n) is 5.85. The molecule has 2 aromatic heterocycles. The third kappa shape index (κ3) is 3.19. The molecular formula is C20H28N4S. The molecule has 4 atom stereocenters. The molecule has 1 aliphatic carbocycles. The zero-order chi connectivity index (χ0) is 17.4. The summed E-state index contributed by atoms with van der Waals surface area (Å²) in [7, 11) is 2.05.